The van der Waals surface area contributed by atoms with E-state index >= 15 is 0 Å². The first kappa shape index (κ1) is 15.0. The van der Waals surface area contributed by atoms with Crippen molar-refractivity contribution < 1.29 is 9.59 Å². The van der Waals surface area contributed by atoms with Crippen LogP contribution in [-0.4, -0.2) is 34.1 Å². The summed E-state index contributed by atoms with van der Waals surface area (Å²) in [5.41, 5.74) is 1.64. The lowest BCUT2D eigenvalue weighted by molar-refractivity contribution is -0.113. The molecule has 0 saturated heterocycles. The largest absolute Gasteiger partial charge is 0.333 e. The Labute approximate surface area is 136 Å². The summed E-state index contributed by atoms with van der Waals surface area (Å²) in [6, 6.07) is 9.23. The summed E-state index contributed by atoms with van der Waals surface area (Å²) in [4.78, 5) is 31.0. The molecule has 5 nitrogen and oxygen atoms in total. The smallest absolute Gasteiger partial charge is 0.254 e. The normalized spacial score (nSPS) is 13.6. The highest BCUT2D eigenvalue weighted by Gasteiger charge is 2.25. The summed E-state index contributed by atoms with van der Waals surface area (Å²) in [5.74, 6) is -0.348. The highest BCUT2D eigenvalue weighted by Crippen LogP contribution is 2.29. The third kappa shape index (κ3) is 3.13. The molecule has 2 heterocycles. The predicted octanol–water partition coefficient (Wildman–Crippen LogP) is 2.52. The van der Waals surface area contributed by atoms with E-state index in [1.54, 1.807) is 0 Å². The maximum absolute atomic E-state index is 12.5. The van der Waals surface area contributed by atoms with Crippen LogP contribution in [0.2, 0.25) is 0 Å². The minimum atomic E-state index is -0.273. The third-order valence-corrected chi connectivity index (χ3v) is 4.65. The number of anilines is 1. The lowest BCUT2D eigenvalue weighted by atomic mass is 10.1. The van der Waals surface area contributed by atoms with Crippen LogP contribution in [-0.2, 0) is 17.8 Å². The number of thiazole rings is 1. The summed E-state index contributed by atoms with van der Waals surface area (Å²) in [6.07, 6.45) is 0.696. The van der Waals surface area contributed by atoms with Gasteiger partial charge in [0.05, 0.1) is 12.2 Å². The molecule has 0 radical (unpaired) electrons. The Morgan fingerprint density at radius 2 is 2.09 bits per heavy atom. The quantitative estimate of drug-likeness (QED) is 0.877. The number of hydrogen-bond acceptors (Lipinski definition) is 4. The number of benzene rings is 1. The number of hydrogen-bond donors (Lipinski definition) is 1. The van der Waals surface area contributed by atoms with Gasteiger partial charge in [-0.25, -0.2) is 4.98 Å². The Morgan fingerprint density at radius 1 is 1.32 bits per heavy atom. The number of alkyl halides is 1. The molecule has 0 unspecified atom stereocenters. The maximum Gasteiger partial charge on any atom is 0.254 e. The van der Waals surface area contributed by atoms with Crippen molar-refractivity contribution in [1.29, 1.82) is 0 Å². The van der Waals surface area contributed by atoms with E-state index in [9.17, 15) is 9.59 Å². The van der Waals surface area contributed by atoms with Crippen LogP contribution in [0.25, 0.3) is 0 Å². The van der Waals surface area contributed by atoms with Gasteiger partial charge in [0, 0.05) is 23.4 Å². The number of nitrogens with zero attached hydrogens (tertiary/aromatic N) is 2. The zero-order valence-corrected chi connectivity index (χ0v) is 13.3. The molecule has 2 amide bonds. The topological polar surface area (TPSA) is 62.3 Å². The van der Waals surface area contributed by atoms with Crippen molar-refractivity contribution in [3.8, 4) is 0 Å². The summed E-state index contributed by atoms with van der Waals surface area (Å²) in [6.45, 7) is 1.16. The van der Waals surface area contributed by atoms with Crippen LogP contribution >= 0.6 is 22.9 Å². The molecule has 1 aromatic carbocycles. The van der Waals surface area contributed by atoms with Gasteiger partial charge in [-0.15, -0.1) is 11.6 Å². The Bertz CT molecular complexity index is 702. The van der Waals surface area contributed by atoms with E-state index in [2.05, 4.69) is 10.3 Å². The average molecular weight is 336 g/mol. The van der Waals surface area contributed by atoms with E-state index < -0.39 is 0 Å². The molecule has 0 bridgehead atoms. The second-order valence-corrected chi connectivity index (χ2v) is 6.26. The highest BCUT2D eigenvalue weighted by molar-refractivity contribution is 7.15. The fraction of sp³-hybridized carbons (Fsp3) is 0.267. The predicted molar refractivity (Wildman–Crippen MR) is 86.4 cm³/mol. The minimum absolute atomic E-state index is 0.0194. The molecule has 1 N–H and O–H groups in total. The zero-order valence-electron chi connectivity index (χ0n) is 11.7. The standard InChI is InChI=1S/C15H14ClN3O2S/c16-8-13(20)18-15-17-11-6-7-19(9-12(11)22-15)14(21)10-4-2-1-3-5-10/h1-5H,6-9H2,(H,17,18,20). The summed E-state index contributed by atoms with van der Waals surface area (Å²) < 4.78 is 0. The first-order valence-electron chi connectivity index (χ1n) is 6.86. The molecule has 0 fully saturated rings. The second kappa shape index (κ2) is 6.46. The number of carbonyl (C=O) groups excluding carboxylic acids is 2. The minimum Gasteiger partial charge on any atom is -0.333 e. The van der Waals surface area contributed by atoms with Gasteiger partial charge >= 0.3 is 0 Å². The van der Waals surface area contributed by atoms with Crippen LogP contribution in [0.4, 0.5) is 5.13 Å². The molecular formula is C15H14ClN3O2S. The van der Waals surface area contributed by atoms with Gasteiger partial charge in [0.15, 0.2) is 5.13 Å². The van der Waals surface area contributed by atoms with Gasteiger partial charge in [-0.2, -0.15) is 0 Å². The van der Waals surface area contributed by atoms with E-state index in [1.165, 1.54) is 11.3 Å². The van der Waals surface area contributed by atoms with Crippen LogP contribution in [0.15, 0.2) is 30.3 Å². The highest BCUT2D eigenvalue weighted by atomic mass is 35.5. The number of aromatic nitrogens is 1. The number of halogens is 1. The molecule has 114 valence electrons. The Kier molecular flexibility index (Phi) is 4.40. The molecule has 0 spiro atoms. The molecule has 0 saturated carbocycles. The second-order valence-electron chi connectivity index (χ2n) is 4.91. The van der Waals surface area contributed by atoms with Crippen molar-refractivity contribution in [1.82, 2.24) is 9.88 Å². The van der Waals surface area contributed by atoms with E-state index in [-0.39, 0.29) is 17.7 Å². The number of carbonyl (C=O) groups is 2. The van der Waals surface area contributed by atoms with Crippen molar-refractivity contribution in [2.24, 2.45) is 0 Å². The molecule has 1 aliphatic heterocycles. The maximum atomic E-state index is 12.5. The molecule has 7 heteroatoms. The average Bonchev–Trinajstić information content (AvgIpc) is 2.96. The van der Waals surface area contributed by atoms with Gasteiger partial charge < -0.3 is 10.2 Å². The van der Waals surface area contributed by atoms with Gasteiger partial charge in [0.1, 0.15) is 5.88 Å². The van der Waals surface area contributed by atoms with Crippen LogP contribution in [0.3, 0.4) is 0 Å². The van der Waals surface area contributed by atoms with Crippen LogP contribution in [0, 0.1) is 0 Å². The molecule has 3 rings (SSSR count). The molecule has 0 aliphatic carbocycles. The summed E-state index contributed by atoms with van der Waals surface area (Å²) in [5, 5.41) is 3.20. The van der Waals surface area contributed by atoms with Crippen molar-refractivity contribution in [3.05, 3.63) is 46.5 Å². The van der Waals surface area contributed by atoms with Gasteiger partial charge in [-0.3, -0.25) is 9.59 Å². The fourth-order valence-corrected chi connectivity index (χ4v) is 3.45. The third-order valence-electron chi connectivity index (χ3n) is 3.41. The van der Waals surface area contributed by atoms with Gasteiger partial charge in [-0.1, -0.05) is 29.5 Å². The monoisotopic (exact) mass is 335 g/mol. The van der Waals surface area contributed by atoms with Gasteiger partial charge in [0.2, 0.25) is 5.91 Å². The van der Waals surface area contributed by atoms with Crippen molar-refractivity contribution >= 4 is 39.9 Å². The number of amides is 2. The molecular weight excluding hydrogens is 322 g/mol. The van der Waals surface area contributed by atoms with Gasteiger partial charge in [-0.05, 0) is 12.1 Å². The number of rotatable bonds is 3. The van der Waals surface area contributed by atoms with Gasteiger partial charge in [0.25, 0.3) is 5.91 Å². The fourth-order valence-electron chi connectivity index (χ4n) is 2.34. The van der Waals surface area contributed by atoms with Crippen molar-refractivity contribution in [2.45, 2.75) is 13.0 Å². The summed E-state index contributed by atoms with van der Waals surface area (Å²) >= 11 is 6.87. The molecule has 2 aromatic rings. The van der Waals surface area contributed by atoms with E-state index in [0.717, 1.165) is 10.6 Å². The first-order valence-corrected chi connectivity index (χ1v) is 8.21. The lowest BCUT2D eigenvalue weighted by Gasteiger charge is -2.26. The van der Waals surface area contributed by atoms with E-state index in [4.69, 9.17) is 11.6 Å². The molecule has 1 aromatic heterocycles. The van der Waals surface area contributed by atoms with Crippen molar-refractivity contribution in [2.75, 3.05) is 17.7 Å². The van der Waals surface area contributed by atoms with Crippen LogP contribution in [0.5, 0.6) is 0 Å². The lowest BCUT2D eigenvalue weighted by Crippen LogP contribution is -2.35. The van der Waals surface area contributed by atoms with Crippen LogP contribution < -0.4 is 5.32 Å². The molecule has 1 aliphatic rings. The number of fused-ring (bicyclic) bond motifs is 1. The zero-order chi connectivity index (χ0) is 15.5. The Balaban J connectivity index is 1.74. The van der Waals surface area contributed by atoms with Crippen molar-refractivity contribution in [3.63, 3.8) is 0 Å². The Morgan fingerprint density at radius 3 is 2.82 bits per heavy atom. The van der Waals surface area contributed by atoms with Crippen LogP contribution in [0.1, 0.15) is 20.9 Å². The Hall–Kier alpha value is -1.92. The SMILES string of the molecule is O=C(CCl)Nc1nc2c(s1)CN(C(=O)c1ccccc1)CC2. The van der Waals surface area contributed by atoms with E-state index in [0.29, 0.717) is 30.2 Å². The molecule has 0 atom stereocenters. The molecule has 22 heavy (non-hydrogen) atoms. The summed E-state index contributed by atoms with van der Waals surface area (Å²) in [7, 11) is 0. The number of nitrogens with one attached hydrogen (secondary N) is 1. The first-order chi connectivity index (χ1) is 10.7. The van der Waals surface area contributed by atoms with E-state index in [1.807, 2.05) is 35.2 Å².